The second-order valence-corrected chi connectivity index (χ2v) is 7.54. The van der Waals surface area contributed by atoms with Crippen LogP contribution in [0.5, 0.6) is 0 Å². The van der Waals surface area contributed by atoms with Crippen LogP contribution in [0.3, 0.4) is 0 Å². The average molecular weight is 412 g/mol. The molecule has 2 unspecified atom stereocenters. The maximum absolute atomic E-state index is 12.6. The smallest absolute Gasteiger partial charge is 0.316 e. The molecule has 0 spiro atoms. The van der Waals surface area contributed by atoms with Crippen molar-refractivity contribution in [2.45, 2.75) is 56.1 Å². The number of ether oxygens (including phenoxy) is 2. The number of hydrogen-bond acceptors (Lipinski definition) is 4. The average Bonchev–Trinajstić information content (AvgIpc) is 3.35. The van der Waals surface area contributed by atoms with Gasteiger partial charge in [0, 0.05) is 12.8 Å². The molecule has 3 aliphatic heterocycles. The molecule has 6 heteroatoms. The third-order valence-electron chi connectivity index (χ3n) is 6.48. The number of nitrogens with zero attached hydrogens (tertiary/aromatic N) is 1. The third-order valence-corrected chi connectivity index (χ3v) is 6.48. The minimum absolute atomic E-state index is 0. The van der Waals surface area contributed by atoms with Crippen LogP contribution in [-0.4, -0.2) is 66.2 Å². The van der Waals surface area contributed by atoms with Crippen LogP contribution >= 0.6 is 0 Å². The topological polar surface area (TPSA) is 59.1 Å². The van der Waals surface area contributed by atoms with Crippen molar-refractivity contribution in [1.29, 1.82) is 0 Å². The van der Waals surface area contributed by atoms with Crippen LogP contribution in [0.2, 0.25) is 0 Å². The lowest BCUT2D eigenvalue weighted by atomic mass is 9.95. The van der Waals surface area contributed by atoms with Gasteiger partial charge in [-0.3, -0.25) is 4.79 Å². The van der Waals surface area contributed by atoms with Crippen molar-refractivity contribution in [1.82, 2.24) is 0 Å². The van der Waals surface area contributed by atoms with Gasteiger partial charge >= 0.3 is 5.97 Å². The predicted molar refractivity (Wildman–Crippen MR) is 88.3 cm³/mol. The van der Waals surface area contributed by atoms with Crippen LogP contribution in [0.25, 0.3) is 0 Å². The van der Waals surface area contributed by atoms with Gasteiger partial charge in [0.1, 0.15) is 36.3 Å². The first-order valence-electron chi connectivity index (χ1n) is 8.95. The van der Waals surface area contributed by atoms with Gasteiger partial charge in [-0.15, -0.1) is 0 Å². The molecule has 3 aliphatic rings. The zero-order valence-electron chi connectivity index (χ0n) is 14.7. The fraction of sp³-hybridized carbons (Fsp3) is 0.632. The van der Waals surface area contributed by atoms with E-state index in [0.717, 1.165) is 29.4 Å². The summed E-state index contributed by atoms with van der Waals surface area (Å²) in [5, 5.41) is 9.64. The molecule has 0 amide bonds. The standard InChI is InChI=1S/C19H26NO4.BrH/c1-3-20(2)15-9-13(10-16(20)18-17(15)24-18)23-19(22)14(11-21)12-7-5-4-6-8-12;/h4-8,13-18,21H,3,9-11H2,1-2H3;1H/q+1;/p-1/t13?,14-,15-,16-,17-,18+,20?;/m1./s1. The lowest BCUT2D eigenvalue weighted by Crippen LogP contribution is -3.00. The van der Waals surface area contributed by atoms with E-state index in [-0.39, 0.29) is 35.7 Å². The number of carbonyl (C=O) groups excluding carboxylic acids is 1. The van der Waals surface area contributed by atoms with E-state index in [0.29, 0.717) is 24.3 Å². The van der Waals surface area contributed by atoms with Crippen molar-refractivity contribution < 1.29 is 40.8 Å². The summed E-state index contributed by atoms with van der Waals surface area (Å²) in [5.41, 5.74) is 0.809. The SMILES string of the molecule is CC[N+]1(C)[C@@H]2CC(OC(=O)[C@H](CO)c3ccccc3)C[C@@H]1[C@H]1O[C@H]12.[Br-]. The fourth-order valence-corrected chi connectivity index (χ4v) is 4.87. The van der Waals surface area contributed by atoms with Crippen molar-refractivity contribution in [3.05, 3.63) is 35.9 Å². The van der Waals surface area contributed by atoms with E-state index in [2.05, 4.69) is 14.0 Å². The number of quaternary nitrogens is 1. The molecule has 1 aromatic rings. The van der Waals surface area contributed by atoms with E-state index in [1.165, 1.54) is 0 Å². The number of benzene rings is 1. The number of halogens is 1. The summed E-state index contributed by atoms with van der Waals surface area (Å²) >= 11 is 0. The number of aliphatic hydroxyl groups is 1. The molecule has 3 saturated heterocycles. The predicted octanol–water partition coefficient (Wildman–Crippen LogP) is -1.54. The molecule has 1 aromatic carbocycles. The van der Waals surface area contributed by atoms with Crippen molar-refractivity contribution in [2.24, 2.45) is 0 Å². The molecule has 1 N–H and O–H groups in total. The van der Waals surface area contributed by atoms with E-state index >= 15 is 0 Å². The number of epoxide rings is 1. The monoisotopic (exact) mass is 411 g/mol. The zero-order chi connectivity index (χ0) is 16.9. The molecule has 2 bridgehead atoms. The van der Waals surface area contributed by atoms with Crippen LogP contribution in [0.1, 0.15) is 31.2 Å². The van der Waals surface area contributed by atoms with Gasteiger partial charge in [-0.25, -0.2) is 0 Å². The van der Waals surface area contributed by atoms with E-state index in [1.807, 2.05) is 30.3 Å². The number of hydrogen-bond donors (Lipinski definition) is 1. The van der Waals surface area contributed by atoms with Gasteiger partial charge in [0.15, 0.2) is 0 Å². The molecule has 7 atom stereocenters. The summed E-state index contributed by atoms with van der Waals surface area (Å²) < 4.78 is 12.7. The van der Waals surface area contributed by atoms with Crippen LogP contribution in [0.15, 0.2) is 30.3 Å². The minimum Gasteiger partial charge on any atom is -1.00 e. The van der Waals surface area contributed by atoms with Crippen molar-refractivity contribution >= 4 is 5.97 Å². The molecule has 0 aliphatic carbocycles. The summed E-state index contributed by atoms with van der Waals surface area (Å²) in [6.07, 6.45) is 2.37. The van der Waals surface area contributed by atoms with E-state index in [9.17, 15) is 9.90 Å². The highest BCUT2D eigenvalue weighted by Gasteiger charge is 2.71. The largest absolute Gasteiger partial charge is 1.00 e. The molecule has 5 nitrogen and oxygen atoms in total. The van der Waals surface area contributed by atoms with Crippen molar-refractivity contribution in [3.8, 4) is 0 Å². The quantitative estimate of drug-likeness (QED) is 0.362. The number of morpholine rings is 1. The minimum atomic E-state index is -0.594. The summed E-state index contributed by atoms with van der Waals surface area (Å²) in [5.74, 6) is -0.904. The number of carbonyl (C=O) groups is 1. The Balaban J connectivity index is 0.00000182. The Hall–Kier alpha value is -0.950. The normalized spacial score (nSPS) is 39.1. The van der Waals surface area contributed by atoms with Gasteiger partial charge in [-0.05, 0) is 12.5 Å². The first-order chi connectivity index (χ1) is 11.6. The molecule has 0 radical (unpaired) electrons. The lowest BCUT2D eigenvalue weighted by Gasteiger charge is -2.47. The Labute approximate surface area is 159 Å². The van der Waals surface area contributed by atoms with Gasteiger partial charge in [-0.1, -0.05) is 30.3 Å². The molecule has 25 heavy (non-hydrogen) atoms. The Morgan fingerprint density at radius 2 is 1.88 bits per heavy atom. The molecule has 138 valence electrons. The molecular formula is C19H26BrNO4. The molecule has 3 heterocycles. The number of piperidine rings is 1. The highest BCUT2D eigenvalue weighted by Crippen LogP contribution is 2.52. The second-order valence-electron chi connectivity index (χ2n) is 7.54. The second kappa shape index (κ2) is 6.99. The van der Waals surface area contributed by atoms with Gasteiger partial charge in [0.2, 0.25) is 0 Å². The van der Waals surface area contributed by atoms with E-state index < -0.39 is 5.92 Å². The maximum atomic E-state index is 12.6. The van der Waals surface area contributed by atoms with Gasteiger partial charge in [-0.2, -0.15) is 0 Å². The number of esters is 1. The summed E-state index contributed by atoms with van der Waals surface area (Å²) in [7, 11) is 2.31. The van der Waals surface area contributed by atoms with E-state index in [4.69, 9.17) is 9.47 Å². The highest BCUT2D eigenvalue weighted by atomic mass is 79.9. The number of aliphatic hydroxyl groups excluding tert-OH is 1. The Morgan fingerprint density at radius 1 is 1.28 bits per heavy atom. The molecule has 4 rings (SSSR count). The first-order valence-corrected chi connectivity index (χ1v) is 8.95. The molecular weight excluding hydrogens is 386 g/mol. The van der Waals surface area contributed by atoms with Crippen LogP contribution in [0.4, 0.5) is 0 Å². The maximum Gasteiger partial charge on any atom is 0.316 e. The van der Waals surface area contributed by atoms with Crippen molar-refractivity contribution in [2.75, 3.05) is 20.2 Å². The van der Waals surface area contributed by atoms with Crippen LogP contribution in [-0.2, 0) is 14.3 Å². The van der Waals surface area contributed by atoms with Gasteiger partial charge < -0.3 is 36.0 Å². The van der Waals surface area contributed by atoms with Gasteiger partial charge in [0.05, 0.1) is 20.2 Å². The highest BCUT2D eigenvalue weighted by molar-refractivity contribution is 5.78. The Bertz CT molecular complexity index is 607. The Morgan fingerprint density at radius 3 is 2.40 bits per heavy atom. The summed E-state index contributed by atoms with van der Waals surface area (Å²) in [4.78, 5) is 12.6. The van der Waals surface area contributed by atoms with E-state index in [1.54, 1.807) is 0 Å². The summed E-state index contributed by atoms with van der Waals surface area (Å²) in [6, 6.07) is 10.2. The van der Waals surface area contributed by atoms with Crippen molar-refractivity contribution in [3.63, 3.8) is 0 Å². The van der Waals surface area contributed by atoms with Crippen LogP contribution < -0.4 is 17.0 Å². The zero-order valence-corrected chi connectivity index (χ0v) is 16.3. The number of likely N-dealkylation sites (N-methyl/N-ethyl adjacent to an activating group) is 1. The fourth-order valence-electron chi connectivity index (χ4n) is 4.87. The first kappa shape index (κ1) is 18.8. The van der Waals surface area contributed by atoms with Crippen LogP contribution in [0, 0.1) is 0 Å². The molecule has 3 fully saturated rings. The molecule has 0 aromatic heterocycles. The summed E-state index contributed by atoms with van der Waals surface area (Å²) in [6.45, 7) is 3.10. The van der Waals surface area contributed by atoms with Gasteiger partial charge in [0.25, 0.3) is 0 Å². The molecule has 0 saturated carbocycles. The Kier molecular flexibility index (Phi) is 5.26. The number of rotatable bonds is 5. The number of fused-ring (bicyclic) bond motifs is 5. The third kappa shape index (κ3) is 3.03. The lowest BCUT2D eigenvalue weighted by molar-refractivity contribution is -0.954.